The molecule has 8 heteroatoms. The van der Waals surface area contributed by atoms with E-state index in [2.05, 4.69) is 5.32 Å². The maximum absolute atomic E-state index is 12.0. The number of nitrogens with one attached hydrogen (secondary N) is 1. The van der Waals surface area contributed by atoms with Gasteiger partial charge in [-0.1, -0.05) is 18.3 Å². The van der Waals surface area contributed by atoms with Crippen LogP contribution in [0.2, 0.25) is 0 Å². The molecule has 6 nitrogen and oxygen atoms in total. The molecule has 2 heterocycles. The molecule has 2 aliphatic rings. The molecule has 1 saturated heterocycles. The number of carbonyl (C=O) groups is 1. The number of hydrogen-bond acceptors (Lipinski definition) is 5. The number of thiocarbonyl (C=S) groups is 1. The summed E-state index contributed by atoms with van der Waals surface area (Å²) in [7, 11) is -2.99. The molecule has 0 aliphatic carbocycles. The first-order valence-electron chi connectivity index (χ1n) is 7.39. The van der Waals surface area contributed by atoms with Gasteiger partial charge in [0, 0.05) is 5.69 Å². The van der Waals surface area contributed by atoms with Crippen molar-refractivity contribution in [2.75, 3.05) is 23.7 Å². The Morgan fingerprint density at radius 1 is 1.43 bits per heavy atom. The summed E-state index contributed by atoms with van der Waals surface area (Å²) in [5.41, 5.74) is 2.55. The van der Waals surface area contributed by atoms with Crippen LogP contribution in [0.4, 0.5) is 10.5 Å². The molecule has 1 unspecified atom stereocenters. The highest BCUT2D eigenvalue weighted by molar-refractivity contribution is 7.90. The lowest BCUT2D eigenvalue weighted by Crippen LogP contribution is -2.32. The average molecular weight is 354 g/mol. The minimum atomic E-state index is -2.99. The van der Waals surface area contributed by atoms with Crippen LogP contribution in [0.5, 0.6) is 0 Å². The number of ether oxygens (including phenoxy) is 1. The zero-order valence-corrected chi connectivity index (χ0v) is 14.4. The molecule has 1 amide bonds. The highest BCUT2D eigenvalue weighted by Crippen LogP contribution is 2.28. The number of rotatable bonds is 3. The van der Waals surface area contributed by atoms with E-state index < -0.39 is 9.84 Å². The van der Waals surface area contributed by atoms with Crippen molar-refractivity contribution in [1.29, 1.82) is 0 Å². The third kappa shape index (κ3) is 3.64. The third-order valence-corrected chi connectivity index (χ3v) is 5.73. The maximum atomic E-state index is 12.0. The molecule has 1 aromatic rings. The normalized spacial score (nSPS) is 22.4. The Kier molecular flexibility index (Phi) is 4.29. The lowest BCUT2D eigenvalue weighted by atomic mass is 10.0. The summed E-state index contributed by atoms with van der Waals surface area (Å²) in [5.74, 6) is 0.238. The molecule has 0 saturated carbocycles. The van der Waals surface area contributed by atoms with Crippen molar-refractivity contribution in [3.8, 4) is 0 Å². The van der Waals surface area contributed by atoms with E-state index in [9.17, 15) is 13.2 Å². The molecule has 1 N–H and O–H groups in total. The van der Waals surface area contributed by atoms with Crippen LogP contribution in [0.1, 0.15) is 18.1 Å². The van der Waals surface area contributed by atoms with Crippen LogP contribution in [0.25, 0.3) is 0 Å². The van der Waals surface area contributed by atoms with Crippen LogP contribution in [-0.2, 0) is 26.7 Å². The molecule has 0 aromatic heterocycles. The number of nitrogens with zero attached hydrogens (tertiary/aromatic N) is 1. The first-order valence-corrected chi connectivity index (χ1v) is 9.62. The molecule has 124 valence electrons. The zero-order valence-electron chi connectivity index (χ0n) is 12.7. The van der Waals surface area contributed by atoms with Crippen LogP contribution in [0, 0.1) is 0 Å². The predicted molar refractivity (Wildman–Crippen MR) is 91.5 cm³/mol. The van der Waals surface area contributed by atoms with Gasteiger partial charge in [-0.25, -0.2) is 13.2 Å². The zero-order chi connectivity index (χ0) is 16.6. The summed E-state index contributed by atoms with van der Waals surface area (Å²) >= 11 is 4.95. The number of amides is 1. The van der Waals surface area contributed by atoms with Gasteiger partial charge in [0.05, 0.1) is 29.6 Å². The Morgan fingerprint density at radius 3 is 2.96 bits per heavy atom. The number of sulfone groups is 1. The van der Waals surface area contributed by atoms with Crippen molar-refractivity contribution in [3.05, 3.63) is 29.3 Å². The summed E-state index contributed by atoms with van der Waals surface area (Å²) < 4.78 is 28.7. The fourth-order valence-electron chi connectivity index (χ4n) is 2.82. The molecular weight excluding hydrogens is 336 g/mol. The van der Waals surface area contributed by atoms with E-state index in [1.807, 2.05) is 6.07 Å². The van der Waals surface area contributed by atoms with E-state index in [0.717, 1.165) is 16.8 Å². The second-order valence-electron chi connectivity index (χ2n) is 5.85. The first kappa shape index (κ1) is 16.2. The molecule has 1 atom stereocenters. The van der Waals surface area contributed by atoms with Crippen molar-refractivity contribution in [2.24, 2.45) is 0 Å². The quantitative estimate of drug-likeness (QED) is 0.828. The van der Waals surface area contributed by atoms with Crippen LogP contribution in [0.15, 0.2) is 18.2 Å². The lowest BCUT2D eigenvalue weighted by Gasteiger charge is -2.20. The van der Waals surface area contributed by atoms with Crippen molar-refractivity contribution >= 4 is 38.8 Å². The monoisotopic (exact) mass is 354 g/mol. The van der Waals surface area contributed by atoms with E-state index >= 15 is 0 Å². The van der Waals surface area contributed by atoms with E-state index in [0.29, 0.717) is 24.5 Å². The van der Waals surface area contributed by atoms with Gasteiger partial charge in [-0.2, -0.15) is 0 Å². The standard InChI is InChI=1S/C15H18N2O4S2/c1-10(22)16-7-14-8-17(15(18)21-14)13-3-2-12-9-23(19,20)5-4-11(12)6-13/h2-3,6,14H,4-5,7-9H2,1H3,(H,16,22). The molecule has 3 rings (SSSR count). The summed E-state index contributed by atoms with van der Waals surface area (Å²) in [6.45, 7) is 2.72. The summed E-state index contributed by atoms with van der Waals surface area (Å²) in [4.78, 5) is 14.3. The summed E-state index contributed by atoms with van der Waals surface area (Å²) in [6, 6.07) is 5.47. The van der Waals surface area contributed by atoms with E-state index in [4.69, 9.17) is 17.0 Å². The Balaban J connectivity index is 1.75. The summed E-state index contributed by atoms with van der Waals surface area (Å²) in [5, 5.41) is 3.00. The van der Waals surface area contributed by atoms with Crippen molar-refractivity contribution in [3.63, 3.8) is 0 Å². The Hall–Kier alpha value is -1.67. The van der Waals surface area contributed by atoms with Gasteiger partial charge in [0.1, 0.15) is 6.10 Å². The second kappa shape index (κ2) is 6.09. The largest absolute Gasteiger partial charge is 0.442 e. The number of hydrogen-bond donors (Lipinski definition) is 1. The number of aryl methyl sites for hydroxylation is 1. The number of fused-ring (bicyclic) bond motifs is 1. The van der Waals surface area contributed by atoms with Gasteiger partial charge in [0.15, 0.2) is 9.84 Å². The minimum absolute atomic E-state index is 0.0769. The average Bonchev–Trinajstić information content (AvgIpc) is 2.85. The van der Waals surface area contributed by atoms with Gasteiger partial charge < -0.3 is 10.1 Å². The van der Waals surface area contributed by atoms with Crippen LogP contribution < -0.4 is 10.2 Å². The number of cyclic esters (lactones) is 1. The van der Waals surface area contributed by atoms with Gasteiger partial charge in [0.2, 0.25) is 0 Å². The molecule has 0 bridgehead atoms. The molecular formula is C15H18N2O4S2. The maximum Gasteiger partial charge on any atom is 0.414 e. The smallest absolute Gasteiger partial charge is 0.414 e. The fourth-order valence-corrected chi connectivity index (χ4v) is 4.34. The highest BCUT2D eigenvalue weighted by Gasteiger charge is 2.33. The molecule has 2 aliphatic heterocycles. The summed E-state index contributed by atoms with van der Waals surface area (Å²) in [6.07, 6.45) is -0.150. The first-order chi connectivity index (χ1) is 10.8. The van der Waals surface area contributed by atoms with Crippen molar-refractivity contribution in [1.82, 2.24) is 5.32 Å². The molecule has 1 fully saturated rings. The van der Waals surface area contributed by atoms with Crippen LogP contribution in [-0.4, -0.2) is 44.4 Å². The van der Waals surface area contributed by atoms with Gasteiger partial charge >= 0.3 is 6.09 Å². The lowest BCUT2D eigenvalue weighted by molar-refractivity contribution is 0.143. The van der Waals surface area contributed by atoms with Gasteiger partial charge in [0.25, 0.3) is 0 Å². The van der Waals surface area contributed by atoms with Crippen LogP contribution in [0.3, 0.4) is 0 Å². The van der Waals surface area contributed by atoms with E-state index in [1.54, 1.807) is 24.0 Å². The minimum Gasteiger partial charge on any atom is -0.442 e. The number of anilines is 1. The number of benzene rings is 1. The molecule has 23 heavy (non-hydrogen) atoms. The van der Waals surface area contributed by atoms with E-state index in [-0.39, 0.29) is 23.7 Å². The molecule has 0 spiro atoms. The second-order valence-corrected chi connectivity index (χ2v) is 8.64. The van der Waals surface area contributed by atoms with Gasteiger partial charge in [-0.05, 0) is 36.6 Å². The molecule has 1 aromatic carbocycles. The van der Waals surface area contributed by atoms with Gasteiger partial charge in [-0.15, -0.1) is 0 Å². The third-order valence-electron chi connectivity index (χ3n) is 4.01. The predicted octanol–water partition coefficient (Wildman–Crippen LogP) is 1.42. The van der Waals surface area contributed by atoms with Crippen LogP contribution >= 0.6 is 12.2 Å². The topological polar surface area (TPSA) is 75.7 Å². The highest BCUT2D eigenvalue weighted by atomic mass is 32.2. The Bertz CT molecular complexity index is 761. The van der Waals surface area contributed by atoms with Crippen molar-refractivity contribution in [2.45, 2.75) is 25.2 Å². The Labute approximate surface area is 140 Å². The fraction of sp³-hybridized carbons (Fsp3) is 0.467. The van der Waals surface area contributed by atoms with Crippen molar-refractivity contribution < 1.29 is 17.9 Å². The molecule has 0 radical (unpaired) electrons. The Morgan fingerprint density at radius 2 is 2.22 bits per heavy atom. The SMILES string of the molecule is CC(=S)NCC1CN(c2ccc3c(c2)CCS(=O)(=O)C3)C(=O)O1. The van der Waals surface area contributed by atoms with Gasteiger partial charge in [-0.3, -0.25) is 4.90 Å². The van der Waals surface area contributed by atoms with E-state index in [1.165, 1.54) is 0 Å². The number of carbonyl (C=O) groups excluding carboxylic acids is 1.